The molecule has 0 aliphatic carbocycles. The number of aliphatic hydroxyl groups is 1. The lowest BCUT2D eigenvalue weighted by atomic mass is 9.79. The smallest absolute Gasteiger partial charge is 0.135 e. The molecule has 29 heavy (non-hydrogen) atoms. The molecule has 0 saturated carbocycles. The van der Waals surface area contributed by atoms with Crippen LogP contribution in [-0.4, -0.2) is 44.5 Å². The number of piperidine rings is 1. The minimum Gasteiger partial charge on any atom is -0.510 e. The van der Waals surface area contributed by atoms with E-state index < -0.39 is 0 Å². The minimum absolute atomic E-state index is 0.0397. The first-order valence-electron chi connectivity index (χ1n) is 9.83. The van der Waals surface area contributed by atoms with Crippen LogP contribution in [0.4, 0.5) is 4.39 Å². The SMILES string of the molecule is CC1(C)CC(N2CC(O)=C(c3nc(-c4ccc(F)cc4)cs3)C2=N)CC(C)(C)N1. The Kier molecular flexibility index (Phi) is 4.78. The molecule has 154 valence electrons. The molecule has 3 N–H and O–H groups in total. The van der Waals surface area contributed by atoms with Crippen LogP contribution in [0.1, 0.15) is 45.5 Å². The molecule has 0 atom stereocenters. The molecular weight excluding hydrogens is 387 g/mol. The lowest BCUT2D eigenvalue weighted by molar-refractivity contribution is 0.105. The van der Waals surface area contributed by atoms with Gasteiger partial charge >= 0.3 is 0 Å². The van der Waals surface area contributed by atoms with Gasteiger partial charge < -0.3 is 15.3 Å². The van der Waals surface area contributed by atoms with Crippen LogP contribution in [0, 0.1) is 11.2 Å². The highest BCUT2D eigenvalue weighted by Crippen LogP contribution is 2.38. The molecule has 0 radical (unpaired) electrons. The normalized spacial score (nSPS) is 21.8. The molecule has 0 bridgehead atoms. The maximum absolute atomic E-state index is 13.2. The molecule has 7 heteroatoms. The molecular formula is C22H27FN4OS. The van der Waals surface area contributed by atoms with Crippen LogP contribution in [0.3, 0.4) is 0 Å². The molecule has 3 heterocycles. The van der Waals surface area contributed by atoms with Gasteiger partial charge in [-0.15, -0.1) is 11.3 Å². The number of thiazole rings is 1. The maximum Gasteiger partial charge on any atom is 0.135 e. The van der Waals surface area contributed by atoms with Gasteiger partial charge in [0.25, 0.3) is 0 Å². The molecule has 1 saturated heterocycles. The van der Waals surface area contributed by atoms with E-state index in [1.807, 2.05) is 10.3 Å². The fraction of sp³-hybridized carbons (Fsp3) is 0.455. The number of nitrogens with zero attached hydrogens (tertiary/aromatic N) is 2. The summed E-state index contributed by atoms with van der Waals surface area (Å²) in [7, 11) is 0. The molecule has 1 fully saturated rings. The first-order valence-corrected chi connectivity index (χ1v) is 10.7. The van der Waals surface area contributed by atoms with E-state index in [1.54, 1.807) is 12.1 Å². The Bertz CT molecular complexity index is 961. The summed E-state index contributed by atoms with van der Waals surface area (Å²) in [6.45, 7) is 9.08. The molecule has 2 aromatic rings. The van der Waals surface area contributed by atoms with Gasteiger partial charge in [0.15, 0.2) is 0 Å². The fourth-order valence-corrected chi connectivity index (χ4v) is 5.66. The first kappa shape index (κ1) is 20.0. The topological polar surface area (TPSA) is 72.2 Å². The summed E-state index contributed by atoms with van der Waals surface area (Å²) in [5.74, 6) is 0.246. The predicted octanol–water partition coefficient (Wildman–Crippen LogP) is 4.82. The molecule has 2 aliphatic rings. The number of nitrogens with one attached hydrogen (secondary N) is 2. The van der Waals surface area contributed by atoms with Crippen LogP contribution < -0.4 is 5.32 Å². The Hall–Kier alpha value is -2.25. The van der Waals surface area contributed by atoms with Crippen molar-refractivity contribution < 1.29 is 9.50 Å². The van der Waals surface area contributed by atoms with Crippen molar-refractivity contribution in [1.82, 2.24) is 15.2 Å². The Morgan fingerprint density at radius 2 is 1.79 bits per heavy atom. The first-order chi connectivity index (χ1) is 13.5. The Labute approximate surface area is 174 Å². The number of benzene rings is 1. The second-order valence-electron chi connectivity index (χ2n) is 9.30. The second-order valence-corrected chi connectivity index (χ2v) is 10.2. The number of hydrogen-bond acceptors (Lipinski definition) is 5. The fourth-order valence-electron chi connectivity index (χ4n) is 4.77. The van der Waals surface area contributed by atoms with Gasteiger partial charge in [0.1, 0.15) is 22.4 Å². The number of amidine groups is 1. The van der Waals surface area contributed by atoms with Crippen molar-refractivity contribution in [3.63, 3.8) is 0 Å². The summed E-state index contributed by atoms with van der Waals surface area (Å²) in [4.78, 5) is 6.64. The number of hydrogen-bond donors (Lipinski definition) is 3. The minimum atomic E-state index is -0.286. The predicted molar refractivity (Wildman–Crippen MR) is 116 cm³/mol. The average molecular weight is 415 g/mol. The highest BCUT2D eigenvalue weighted by Gasteiger charge is 2.43. The third kappa shape index (κ3) is 3.94. The van der Waals surface area contributed by atoms with Crippen LogP contribution in [0.25, 0.3) is 16.8 Å². The van der Waals surface area contributed by atoms with E-state index in [0.29, 0.717) is 23.0 Å². The van der Waals surface area contributed by atoms with Crippen molar-refractivity contribution in [3.8, 4) is 11.3 Å². The lowest BCUT2D eigenvalue weighted by Crippen LogP contribution is -2.62. The van der Waals surface area contributed by atoms with Crippen molar-refractivity contribution >= 4 is 22.7 Å². The van der Waals surface area contributed by atoms with Gasteiger partial charge in [0.2, 0.25) is 0 Å². The molecule has 4 rings (SSSR count). The monoisotopic (exact) mass is 414 g/mol. The summed E-state index contributed by atoms with van der Waals surface area (Å²) in [6, 6.07) is 6.36. The van der Waals surface area contributed by atoms with Crippen molar-refractivity contribution in [2.45, 2.75) is 57.7 Å². The average Bonchev–Trinajstić information content (AvgIpc) is 3.17. The summed E-state index contributed by atoms with van der Waals surface area (Å²) in [5.41, 5.74) is 1.97. The largest absolute Gasteiger partial charge is 0.510 e. The molecule has 2 aliphatic heterocycles. The highest BCUT2D eigenvalue weighted by molar-refractivity contribution is 7.11. The third-order valence-corrected chi connectivity index (χ3v) is 6.46. The van der Waals surface area contributed by atoms with Gasteiger partial charge in [0, 0.05) is 28.1 Å². The summed E-state index contributed by atoms with van der Waals surface area (Å²) in [5, 5.41) is 25.6. The third-order valence-electron chi connectivity index (χ3n) is 5.60. The molecule has 0 unspecified atom stereocenters. The van der Waals surface area contributed by atoms with Gasteiger partial charge in [-0.2, -0.15) is 0 Å². The van der Waals surface area contributed by atoms with Crippen molar-refractivity contribution in [2.24, 2.45) is 0 Å². The zero-order valence-corrected chi connectivity index (χ0v) is 18.0. The number of aromatic nitrogens is 1. The van der Waals surface area contributed by atoms with Crippen LogP contribution in [0.2, 0.25) is 0 Å². The van der Waals surface area contributed by atoms with E-state index in [9.17, 15) is 9.50 Å². The summed E-state index contributed by atoms with van der Waals surface area (Å²) in [6.07, 6.45) is 1.80. The lowest BCUT2D eigenvalue weighted by Gasteiger charge is -2.49. The van der Waals surface area contributed by atoms with Crippen LogP contribution in [0.15, 0.2) is 35.4 Å². The van der Waals surface area contributed by atoms with Crippen molar-refractivity contribution in [3.05, 3.63) is 46.2 Å². The molecule has 5 nitrogen and oxygen atoms in total. The van der Waals surface area contributed by atoms with E-state index in [-0.39, 0.29) is 28.7 Å². The number of aliphatic hydroxyl groups excluding tert-OH is 1. The zero-order valence-electron chi connectivity index (χ0n) is 17.2. The van der Waals surface area contributed by atoms with Gasteiger partial charge in [-0.3, -0.25) is 5.41 Å². The van der Waals surface area contributed by atoms with Crippen LogP contribution >= 0.6 is 11.3 Å². The van der Waals surface area contributed by atoms with E-state index >= 15 is 0 Å². The van der Waals surface area contributed by atoms with Crippen LogP contribution in [-0.2, 0) is 0 Å². The van der Waals surface area contributed by atoms with Crippen molar-refractivity contribution in [1.29, 1.82) is 5.41 Å². The molecule has 0 amide bonds. The maximum atomic E-state index is 13.2. The van der Waals surface area contributed by atoms with E-state index in [1.165, 1.54) is 23.5 Å². The highest BCUT2D eigenvalue weighted by atomic mass is 32.1. The second kappa shape index (κ2) is 6.92. The van der Waals surface area contributed by atoms with Crippen LogP contribution in [0.5, 0.6) is 0 Å². The number of rotatable bonds is 3. The van der Waals surface area contributed by atoms with E-state index in [0.717, 1.165) is 24.1 Å². The summed E-state index contributed by atoms with van der Waals surface area (Å²) >= 11 is 1.40. The zero-order chi connectivity index (χ0) is 21.0. The molecule has 1 aromatic carbocycles. The Morgan fingerprint density at radius 1 is 1.17 bits per heavy atom. The van der Waals surface area contributed by atoms with Gasteiger partial charge in [-0.1, -0.05) is 0 Å². The Morgan fingerprint density at radius 3 is 2.41 bits per heavy atom. The van der Waals surface area contributed by atoms with Gasteiger partial charge in [-0.25, -0.2) is 9.37 Å². The molecule has 0 spiro atoms. The van der Waals surface area contributed by atoms with Gasteiger partial charge in [-0.05, 0) is 64.8 Å². The Balaban J connectivity index is 1.58. The van der Waals surface area contributed by atoms with E-state index in [2.05, 4.69) is 38.0 Å². The van der Waals surface area contributed by atoms with Gasteiger partial charge in [0.05, 0.1) is 17.8 Å². The molecule has 1 aromatic heterocycles. The standard InChI is InChI=1S/C22H27FN4OS/c1-21(2)9-15(10-22(3,4)26-21)27-11-17(28)18(19(27)24)20-25-16(12-29-20)13-5-7-14(23)8-6-13/h5-8,12,15,24,26,28H,9-11H2,1-4H3. The van der Waals surface area contributed by atoms with E-state index in [4.69, 9.17) is 5.41 Å². The quantitative estimate of drug-likeness (QED) is 0.673. The summed E-state index contributed by atoms with van der Waals surface area (Å²) < 4.78 is 13.2. The van der Waals surface area contributed by atoms with Crippen molar-refractivity contribution in [2.75, 3.05) is 6.54 Å². The number of halogens is 1.